The fourth-order valence-corrected chi connectivity index (χ4v) is 2.42. The van der Waals surface area contributed by atoms with Gasteiger partial charge < -0.3 is 4.84 Å². The van der Waals surface area contributed by atoms with Gasteiger partial charge in [0.2, 0.25) is 0 Å². The highest BCUT2D eigenvalue weighted by Gasteiger charge is 2.08. The Morgan fingerprint density at radius 1 is 1.06 bits per heavy atom. The number of nitrogens with zero attached hydrogens (tertiary/aromatic N) is 1. The van der Waals surface area contributed by atoms with Crippen LogP contribution in [0.4, 0.5) is 0 Å². The lowest BCUT2D eigenvalue weighted by Crippen LogP contribution is -2.05. The molecule has 17 heavy (non-hydrogen) atoms. The predicted molar refractivity (Wildman–Crippen MR) is 71.8 cm³/mol. The van der Waals surface area contributed by atoms with Crippen LogP contribution in [0.5, 0.6) is 0 Å². The first-order chi connectivity index (χ1) is 8.27. The second-order valence-electron chi connectivity index (χ2n) is 4.19. The van der Waals surface area contributed by atoms with E-state index in [2.05, 4.69) is 5.16 Å². The van der Waals surface area contributed by atoms with Crippen molar-refractivity contribution in [3.63, 3.8) is 0 Å². The highest BCUT2D eigenvalue weighted by molar-refractivity contribution is 6.35. The zero-order chi connectivity index (χ0) is 12.1. The Morgan fingerprint density at radius 3 is 2.35 bits per heavy atom. The minimum absolute atomic E-state index is 0.335. The SMILES string of the molecule is Clc1cccc(Cl)c1CON=C1CCCCC1. The highest BCUT2D eigenvalue weighted by Crippen LogP contribution is 2.25. The second-order valence-corrected chi connectivity index (χ2v) is 5.01. The van der Waals surface area contributed by atoms with Gasteiger partial charge in [0.25, 0.3) is 0 Å². The Morgan fingerprint density at radius 2 is 1.71 bits per heavy atom. The van der Waals surface area contributed by atoms with Gasteiger partial charge in [-0.2, -0.15) is 0 Å². The van der Waals surface area contributed by atoms with E-state index >= 15 is 0 Å². The first kappa shape index (κ1) is 12.7. The minimum Gasteiger partial charge on any atom is -0.391 e. The molecule has 1 aromatic carbocycles. The van der Waals surface area contributed by atoms with Crippen molar-refractivity contribution in [2.45, 2.75) is 38.7 Å². The van der Waals surface area contributed by atoms with Crippen LogP contribution in [-0.2, 0) is 11.4 Å². The van der Waals surface area contributed by atoms with Crippen LogP contribution >= 0.6 is 23.2 Å². The van der Waals surface area contributed by atoms with Gasteiger partial charge in [-0.3, -0.25) is 0 Å². The van der Waals surface area contributed by atoms with Crippen molar-refractivity contribution in [1.82, 2.24) is 0 Å². The van der Waals surface area contributed by atoms with Crippen LogP contribution in [0.15, 0.2) is 23.4 Å². The molecule has 0 saturated heterocycles. The molecule has 1 aromatic rings. The normalized spacial score (nSPS) is 15.8. The molecular formula is C13H15Cl2NO. The Bertz CT molecular complexity index is 390. The van der Waals surface area contributed by atoms with Gasteiger partial charge in [0, 0.05) is 15.6 Å². The third-order valence-electron chi connectivity index (χ3n) is 2.89. The summed E-state index contributed by atoms with van der Waals surface area (Å²) in [6.45, 7) is 0.335. The molecule has 2 nitrogen and oxygen atoms in total. The molecule has 1 aliphatic rings. The summed E-state index contributed by atoms with van der Waals surface area (Å²) >= 11 is 12.1. The van der Waals surface area contributed by atoms with Crippen molar-refractivity contribution in [1.29, 1.82) is 0 Å². The summed E-state index contributed by atoms with van der Waals surface area (Å²) in [4.78, 5) is 5.34. The maximum absolute atomic E-state index is 6.04. The molecule has 1 aliphatic carbocycles. The minimum atomic E-state index is 0.335. The van der Waals surface area contributed by atoms with Crippen LogP contribution in [0.25, 0.3) is 0 Å². The van der Waals surface area contributed by atoms with Gasteiger partial charge in [-0.15, -0.1) is 0 Å². The third kappa shape index (κ3) is 3.62. The van der Waals surface area contributed by atoms with E-state index in [0.717, 1.165) is 24.1 Å². The van der Waals surface area contributed by atoms with Crippen molar-refractivity contribution < 1.29 is 4.84 Å². The van der Waals surface area contributed by atoms with E-state index in [-0.39, 0.29) is 0 Å². The standard InChI is InChI=1S/C13H15Cl2NO/c14-12-7-4-8-13(15)11(12)9-17-16-10-5-2-1-3-6-10/h4,7-8H,1-3,5-6,9H2. The van der Waals surface area contributed by atoms with Gasteiger partial charge >= 0.3 is 0 Å². The summed E-state index contributed by atoms with van der Waals surface area (Å²) in [5.74, 6) is 0. The third-order valence-corrected chi connectivity index (χ3v) is 3.60. The first-order valence-corrected chi connectivity index (χ1v) is 6.63. The molecule has 0 bridgehead atoms. The van der Waals surface area contributed by atoms with Gasteiger partial charge in [-0.1, -0.05) is 40.8 Å². The zero-order valence-corrected chi connectivity index (χ0v) is 11.1. The van der Waals surface area contributed by atoms with Gasteiger partial charge in [-0.05, 0) is 37.8 Å². The van der Waals surface area contributed by atoms with Crippen LogP contribution in [0.3, 0.4) is 0 Å². The lowest BCUT2D eigenvalue weighted by molar-refractivity contribution is 0.129. The predicted octanol–water partition coefficient (Wildman–Crippen LogP) is 4.83. The number of hydrogen-bond donors (Lipinski definition) is 0. The number of hydrogen-bond acceptors (Lipinski definition) is 2. The van der Waals surface area contributed by atoms with E-state index < -0.39 is 0 Å². The molecule has 92 valence electrons. The van der Waals surface area contributed by atoms with Crippen molar-refractivity contribution in [3.8, 4) is 0 Å². The van der Waals surface area contributed by atoms with Crippen molar-refractivity contribution in [2.24, 2.45) is 5.16 Å². The smallest absolute Gasteiger partial charge is 0.145 e. The molecular weight excluding hydrogens is 257 g/mol. The molecule has 0 aromatic heterocycles. The molecule has 0 heterocycles. The fourth-order valence-electron chi connectivity index (χ4n) is 1.91. The van der Waals surface area contributed by atoms with Gasteiger partial charge in [0.05, 0.1) is 5.71 Å². The van der Waals surface area contributed by atoms with E-state index in [1.54, 1.807) is 12.1 Å². The quantitative estimate of drug-likeness (QED) is 0.722. The molecule has 0 amide bonds. The number of rotatable bonds is 3. The van der Waals surface area contributed by atoms with Crippen LogP contribution in [0, 0.1) is 0 Å². The average Bonchev–Trinajstić information content (AvgIpc) is 2.34. The van der Waals surface area contributed by atoms with Gasteiger partial charge in [0.15, 0.2) is 0 Å². The Kier molecular flexibility index (Phi) is 4.69. The topological polar surface area (TPSA) is 21.6 Å². The summed E-state index contributed by atoms with van der Waals surface area (Å²) in [5, 5.41) is 5.41. The van der Waals surface area contributed by atoms with Crippen molar-refractivity contribution >= 4 is 28.9 Å². The molecule has 0 N–H and O–H groups in total. The van der Waals surface area contributed by atoms with Crippen molar-refractivity contribution in [3.05, 3.63) is 33.8 Å². The first-order valence-electron chi connectivity index (χ1n) is 5.88. The molecule has 0 spiro atoms. The Labute approximate surface area is 112 Å². The van der Waals surface area contributed by atoms with Crippen LogP contribution in [0.1, 0.15) is 37.7 Å². The van der Waals surface area contributed by atoms with E-state index in [0.29, 0.717) is 16.7 Å². The molecule has 0 unspecified atom stereocenters. The Hall–Kier alpha value is -0.730. The lowest BCUT2D eigenvalue weighted by atomic mass is 9.99. The largest absolute Gasteiger partial charge is 0.391 e. The van der Waals surface area contributed by atoms with E-state index in [1.807, 2.05) is 6.07 Å². The van der Waals surface area contributed by atoms with Crippen LogP contribution < -0.4 is 0 Å². The zero-order valence-electron chi connectivity index (χ0n) is 9.59. The Balaban J connectivity index is 1.93. The van der Waals surface area contributed by atoms with Gasteiger partial charge in [0.1, 0.15) is 6.61 Å². The summed E-state index contributed by atoms with van der Waals surface area (Å²) in [5.41, 5.74) is 1.95. The second kappa shape index (κ2) is 6.27. The molecule has 1 saturated carbocycles. The molecule has 0 radical (unpaired) electrons. The average molecular weight is 272 g/mol. The highest BCUT2D eigenvalue weighted by atomic mass is 35.5. The van der Waals surface area contributed by atoms with E-state index in [1.165, 1.54) is 19.3 Å². The monoisotopic (exact) mass is 271 g/mol. The summed E-state index contributed by atoms with van der Waals surface area (Å²) in [6, 6.07) is 5.43. The maximum atomic E-state index is 6.04. The molecule has 2 rings (SSSR count). The van der Waals surface area contributed by atoms with E-state index in [9.17, 15) is 0 Å². The summed E-state index contributed by atoms with van der Waals surface area (Å²) in [7, 11) is 0. The maximum Gasteiger partial charge on any atom is 0.145 e. The van der Waals surface area contributed by atoms with Gasteiger partial charge in [-0.25, -0.2) is 0 Å². The molecule has 0 atom stereocenters. The number of benzene rings is 1. The lowest BCUT2D eigenvalue weighted by Gasteiger charge is -2.12. The number of halogens is 2. The van der Waals surface area contributed by atoms with E-state index in [4.69, 9.17) is 28.0 Å². The van der Waals surface area contributed by atoms with Crippen molar-refractivity contribution in [2.75, 3.05) is 0 Å². The number of oxime groups is 1. The molecule has 1 fully saturated rings. The summed E-state index contributed by atoms with van der Waals surface area (Å²) < 4.78 is 0. The fraction of sp³-hybridized carbons (Fsp3) is 0.462. The van der Waals surface area contributed by atoms with Crippen LogP contribution in [0.2, 0.25) is 10.0 Å². The summed E-state index contributed by atoms with van der Waals surface area (Å²) in [6.07, 6.45) is 5.84. The van der Waals surface area contributed by atoms with Crippen LogP contribution in [-0.4, -0.2) is 5.71 Å². The molecule has 4 heteroatoms. The molecule has 0 aliphatic heterocycles.